The van der Waals surface area contributed by atoms with Gasteiger partial charge in [-0.05, 0) is 45.4 Å². The Hall–Kier alpha value is -1.62. The van der Waals surface area contributed by atoms with Crippen LogP contribution in [0.5, 0.6) is 0 Å². The molecule has 0 saturated heterocycles. The first-order chi connectivity index (χ1) is 8.44. The quantitative estimate of drug-likeness (QED) is 0.799. The molecule has 2 N–H and O–H groups in total. The third-order valence-electron chi connectivity index (χ3n) is 2.57. The molecule has 0 saturated carbocycles. The van der Waals surface area contributed by atoms with Gasteiger partial charge in [-0.2, -0.15) is 0 Å². The van der Waals surface area contributed by atoms with Gasteiger partial charge in [0.25, 0.3) is 0 Å². The van der Waals surface area contributed by atoms with Crippen LogP contribution in [0, 0.1) is 0 Å². The van der Waals surface area contributed by atoms with Gasteiger partial charge in [0.15, 0.2) is 0 Å². The first-order valence-corrected chi connectivity index (χ1v) is 6.12. The van der Waals surface area contributed by atoms with Crippen LogP contribution in [0.3, 0.4) is 0 Å². The zero-order valence-corrected chi connectivity index (χ0v) is 11.0. The number of hydrogen-bond acceptors (Lipinski definition) is 4. The van der Waals surface area contributed by atoms with E-state index in [0.29, 0.717) is 5.69 Å². The fraction of sp³-hybridized carbons (Fsp3) is 0.538. The summed E-state index contributed by atoms with van der Waals surface area (Å²) in [6.07, 6.45) is 2.15. The van der Waals surface area contributed by atoms with Crippen molar-refractivity contribution in [2.75, 3.05) is 11.9 Å². The Morgan fingerprint density at radius 3 is 3.00 bits per heavy atom. The fourth-order valence-corrected chi connectivity index (χ4v) is 1.83. The largest absolute Gasteiger partial charge is 0.444 e. The van der Waals surface area contributed by atoms with E-state index in [1.54, 1.807) is 6.20 Å². The van der Waals surface area contributed by atoms with Crippen LogP contribution >= 0.6 is 0 Å². The van der Waals surface area contributed by atoms with Crippen LogP contribution in [0.2, 0.25) is 0 Å². The molecule has 2 rings (SSSR count). The van der Waals surface area contributed by atoms with Crippen LogP contribution in [0.25, 0.3) is 0 Å². The van der Waals surface area contributed by atoms with Crippen molar-refractivity contribution in [2.45, 2.75) is 39.3 Å². The number of nitrogens with one attached hydrogen (secondary N) is 2. The van der Waals surface area contributed by atoms with Crippen LogP contribution in [-0.4, -0.2) is 23.2 Å². The first-order valence-electron chi connectivity index (χ1n) is 6.12. The topological polar surface area (TPSA) is 63.2 Å². The lowest BCUT2D eigenvalue weighted by atomic mass is 10.1. The van der Waals surface area contributed by atoms with Crippen molar-refractivity contribution in [3.63, 3.8) is 0 Å². The Morgan fingerprint density at radius 2 is 2.28 bits per heavy atom. The summed E-state index contributed by atoms with van der Waals surface area (Å²) in [5, 5.41) is 5.96. The zero-order valence-electron chi connectivity index (χ0n) is 11.0. The predicted molar refractivity (Wildman–Crippen MR) is 69.5 cm³/mol. The van der Waals surface area contributed by atoms with E-state index in [2.05, 4.69) is 15.6 Å². The zero-order chi connectivity index (χ0) is 13.2. The number of aromatic nitrogens is 1. The minimum Gasteiger partial charge on any atom is -0.444 e. The number of anilines is 1. The van der Waals surface area contributed by atoms with Crippen molar-refractivity contribution in [1.29, 1.82) is 0 Å². The van der Waals surface area contributed by atoms with Gasteiger partial charge in [0.2, 0.25) is 0 Å². The maximum atomic E-state index is 11.6. The smallest absolute Gasteiger partial charge is 0.412 e. The lowest BCUT2D eigenvalue weighted by Gasteiger charge is -2.20. The summed E-state index contributed by atoms with van der Waals surface area (Å²) in [6, 6.07) is 1.97. The van der Waals surface area contributed by atoms with Crippen molar-refractivity contribution in [2.24, 2.45) is 0 Å². The van der Waals surface area contributed by atoms with Crippen molar-refractivity contribution in [3.05, 3.63) is 23.5 Å². The number of pyridine rings is 1. The molecule has 0 fully saturated rings. The number of hydrogen-bond donors (Lipinski definition) is 2. The summed E-state index contributed by atoms with van der Waals surface area (Å²) in [5.74, 6) is 0. The van der Waals surface area contributed by atoms with Crippen LogP contribution in [0.4, 0.5) is 10.5 Å². The van der Waals surface area contributed by atoms with E-state index in [1.165, 1.54) is 5.56 Å². The maximum Gasteiger partial charge on any atom is 0.412 e. The highest BCUT2D eigenvalue weighted by atomic mass is 16.6. The Balaban J connectivity index is 2.04. The van der Waals surface area contributed by atoms with Gasteiger partial charge in [0, 0.05) is 6.54 Å². The van der Waals surface area contributed by atoms with Gasteiger partial charge < -0.3 is 10.1 Å². The third kappa shape index (κ3) is 3.43. The van der Waals surface area contributed by atoms with Crippen molar-refractivity contribution in [3.8, 4) is 0 Å². The molecule has 5 heteroatoms. The molecule has 18 heavy (non-hydrogen) atoms. The van der Waals surface area contributed by atoms with E-state index in [-0.39, 0.29) is 0 Å². The van der Waals surface area contributed by atoms with E-state index < -0.39 is 11.7 Å². The summed E-state index contributed by atoms with van der Waals surface area (Å²) in [5.41, 5.74) is 2.43. The second kappa shape index (κ2) is 4.94. The molecular formula is C13H19N3O2. The number of carbonyl (C=O) groups is 1. The van der Waals surface area contributed by atoms with Gasteiger partial charge in [0.1, 0.15) is 5.60 Å². The molecule has 0 radical (unpaired) electrons. The molecule has 0 aromatic carbocycles. The van der Waals surface area contributed by atoms with E-state index in [1.807, 2.05) is 26.8 Å². The van der Waals surface area contributed by atoms with Gasteiger partial charge in [-0.1, -0.05) is 0 Å². The summed E-state index contributed by atoms with van der Waals surface area (Å²) >= 11 is 0. The van der Waals surface area contributed by atoms with Crippen LogP contribution in [0.1, 0.15) is 32.0 Å². The predicted octanol–water partition coefficient (Wildman–Crippen LogP) is 2.07. The van der Waals surface area contributed by atoms with Crippen molar-refractivity contribution < 1.29 is 9.53 Å². The highest BCUT2D eigenvalue weighted by Gasteiger charge is 2.17. The van der Waals surface area contributed by atoms with Crippen LogP contribution in [-0.2, 0) is 17.7 Å². The van der Waals surface area contributed by atoms with E-state index in [4.69, 9.17) is 4.74 Å². The molecule has 0 unspecified atom stereocenters. The molecule has 1 aliphatic heterocycles. The van der Waals surface area contributed by atoms with Gasteiger partial charge in [0.05, 0.1) is 17.6 Å². The van der Waals surface area contributed by atoms with Gasteiger partial charge in [-0.15, -0.1) is 0 Å². The highest BCUT2D eigenvalue weighted by Crippen LogP contribution is 2.17. The molecule has 0 bridgehead atoms. The molecule has 98 valence electrons. The fourth-order valence-electron chi connectivity index (χ4n) is 1.83. The molecule has 0 aliphatic carbocycles. The minimum absolute atomic E-state index is 0.446. The normalized spacial score (nSPS) is 14.8. The average molecular weight is 249 g/mol. The second-order valence-corrected chi connectivity index (χ2v) is 5.38. The van der Waals surface area contributed by atoms with Gasteiger partial charge >= 0.3 is 6.09 Å². The average Bonchev–Trinajstić information content (AvgIpc) is 2.26. The number of fused-ring (bicyclic) bond motifs is 1. The first kappa shape index (κ1) is 12.8. The van der Waals surface area contributed by atoms with Crippen molar-refractivity contribution >= 4 is 11.8 Å². The monoisotopic (exact) mass is 249 g/mol. The summed E-state index contributed by atoms with van der Waals surface area (Å²) in [4.78, 5) is 16.0. The Labute approximate surface area is 107 Å². The van der Waals surface area contributed by atoms with Crippen LogP contribution in [0.15, 0.2) is 12.3 Å². The van der Waals surface area contributed by atoms with E-state index in [9.17, 15) is 4.79 Å². The Kier molecular flexibility index (Phi) is 3.52. The molecule has 1 aliphatic rings. The van der Waals surface area contributed by atoms with E-state index in [0.717, 1.165) is 25.2 Å². The van der Waals surface area contributed by atoms with Gasteiger partial charge in [-0.25, -0.2) is 4.79 Å². The highest BCUT2D eigenvalue weighted by molar-refractivity contribution is 5.84. The number of carbonyl (C=O) groups excluding carboxylic acids is 1. The maximum absolute atomic E-state index is 11.6. The summed E-state index contributed by atoms with van der Waals surface area (Å²) in [6.45, 7) is 7.25. The summed E-state index contributed by atoms with van der Waals surface area (Å²) < 4.78 is 5.20. The molecule has 1 aromatic rings. The molecule has 2 heterocycles. The standard InChI is InChI=1S/C13H19N3O2/c1-13(2,3)18-12(17)16-10-6-9-4-5-14-8-11(9)15-7-10/h6-7,14H,4-5,8H2,1-3H3,(H,16,17). The van der Waals surface area contributed by atoms with Crippen LogP contribution < -0.4 is 10.6 Å². The molecule has 0 atom stereocenters. The SMILES string of the molecule is CC(C)(C)OC(=O)Nc1cnc2c(c1)CCNC2. The second-order valence-electron chi connectivity index (χ2n) is 5.38. The molecular weight excluding hydrogens is 230 g/mol. The molecule has 0 spiro atoms. The Morgan fingerprint density at radius 1 is 1.50 bits per heavy atom. The molecule has 1 amide bonds. The Bertz CT molecular complexity index is 452. The van der Waals surface area contributed by atoms with E-state index >= 15 is 0 Å². The third-order valence-corrected chi connectivity index (χ3v) is 2.57. The number of nitrogens with zero attached hydrogens (tertiary/aromatic N) is 1. The summed E-state index contributed by atoms with van der Waals surface area (Å²) in [7, 11) is 0. The van der Waals surface area contributed by atoms with Gasteiger partial charge in [-0.3, -0.25) is 10.3 Å². The lowest BCUT2D eigenvalue weighted by Crippen LogP contribution is -2.28. The molecule has 1 aromatic heterocycles. The van der Waals surface area contributed by atoms with Crippen molar-refractivity contribution in [1.82, 2.24) is 10.3 Å². The number of amides is 1. The number of rotatable bonds is 1. The lowest BCUT2D eigenvalue weighted by molar-refractivity contribution is 0.0636. The number of ether oxygens (including phenoxy) is 1. The minimum atomic E-state index is -0.490. The molecule has 5 nitrogen and oxygen atoms in total.